The molecule has 17 nitrogen and oxygen atoms in total. The lowest BCUT2D eigenvalue weighted by molar-refractivity contribution is -0.134. The number of halogens is 2. The van der Waals surface area contributed by atoms with Crippen LogP contribution in [0.2, 0.25) is 0 Å². The van der Waals surface area contributed by atoms with Crippen LogP contribution in [0.25, 0.3) is 16.6 Å². The van der Waals surface area contributed by atoms with Crippen LogP contribution in [0, 0.1) is 29.1 Å². The lowest BCUT2D eigenvalue weighted by Crippen LogP contribution is -2.42. The lowest BCUT2D eigenvalue weighted by atomic mass is 9.85. The number of alkyl halides is 2. The molecule has 2 saturated carbocycles. The summed E-state index contributed by atoms with van der Waals surface area (Å²) in [4.78, 5) is 47.3. The van der Waals surface area contributed by atoms with Crippen LogP contribution in [-0.4, -0.2) is 115 Å². The van der Waals surface area contributed by atoms with E-state index >= 15 is 0 Å². The number of ether oxygens (including phenoxy) is 2. The average Bonchev–Trinajstić information content (AvgIpc) is 3.74. The lowest BCUT2D eigenvalue weighted by Gasteiger charge is -2.36. The molecule has 2 N–H and O–H groups in total. The summed E-state index contributed by atoms with van der Waals surface area (Å²) in [5.41, 5.74) is 2.44. The number of aromatic nitrogens is 7. The maximum atomic E-state index is 14.3. The van der Waals surface area contributed by atoms with Gasteiger partial charge in [-0.1, -0.05) is 24.0 Å². The van der Waals surface area contributed by atoms with Crippen molar-refractivity contribution in [3.05, 3.63) is 65.4 Å². The summed E-state index contributed by atoms with van der Waals surface area (Å²) in [5, 5.41) is 28.6. The van der Waals surface area contributed by atoms with Crippen LogP contribution < -0.4 is 15.5 Å². The van der Waals surface area contributed by atoms with Crippen LogP contribution in [0.4, 0.5) is 20.3 Å². The molecule has 344 valence electrons. The SMILES string of the molecule is N#CCC1CN(c2ccn3ncc(C(=O)Nc4cn([C@H]5CC[C@H](CN6CCC(OCC#Cc7cccc8c(C9CCC(=O)NC9=O)nn(C9CC9)c78)CC6)CC5)nc4C(F)F)c3n2)CCO1. The minimum atomic E-state index is -2.88. The molecule has 7 heterocycles. The van der Waals surface area contributed by atoms with Gasteiger partial charge in [0.15, 0.2) is 11.3 Å². The van der Waals surface area contributed by atoms with E-state index in [0.29, 0.717) is 62.6 Å². The number of hydrogen-bond donors (Lipinski definition) is 2. The second-order valence-corrected chi connectivity index (χ2v) is 18.1. The summed E-state index contributed by atoms with van der Waals surface area (Å²) in [6, 6.07) is 10.1. The third-order valence-electron chi connectivity index (χ3n) is 13.7. The van der Waals surface area contributed by atoms with Gasteiger partial charge in [0.1, 0.15) is 18.0 Å². The predicted molar refractivity (Wildman–Crippen MR) is 237 cm³/mol. The second kappa shape index (κ2) is 18.9. The maximum Gasteiger partial charge on any atom is 0.284 e. The van der Waals surface area contributed by atoms with Gasteiger partial charge in [-0.05, 0) is 75.8 Å². The van der Waals surface area contributed by atoms with Gasteiger partial charge in [-0.2, -0.15) is 20.6 Å². The molecule has 3 saturated heterocycles. The third kappa shape index (κ3) is 9.25. The van der Waals surface area contributed by atoms with E-state index in [9.17, 15) is 23.2 Å². The number of amides is 3. The first-order chi connectivity index (χ1) is 32.2. The number of morpholine rings is 1. The van der Waals surface area contributed by atoms with E-state index in [-0.39, 0.29) is 53.4 Å². The van der Waals surface area contributed by atoms with Crippen molar-refractivity contribution in [2.75, 3.05) is 56.2 Å². The molecule has 1 aromatic carbocycles. The number of fused-ring (bicyclic) bond motifs is 2. The molecule has 2 unspecified atom stereocenters. The molecule has 3 amide bonds. The minimum absolute atomic E-state index is 0.0322. The van der Waals surface area contributed by atoms with Crippen molar-refractivity contribution in [1.82, 2.24) is 44.4 Å². The molecule has 5 aliphatic rings. The summed E-state index contributed by atoms with van der Waals surface area (Å²) in [5.74, 6) is 6.05. The van der Waals surface area contributed by atoms with Gasteiger partial charge in [0.2, 0.25) is 11.8 Å². The molecule has 0 radical (unpaired) electrons. The van der Waals surface area contributed by atoms with Crippen LogP contribution in [0.3, 0.4) is 0 Å². The first-order valence-electron chi connectivity index (χ1n) is 23.1. The number of piperidine rings is 2. The number of rotatable bonds is 12. The summed E-state index contributed by atoms with van der Waals surface area (Å²) in [6.45, 7) is 4.64. The highest BCUT2D eigenvalue weighted by Gasteiger charge is 2.36. The van der Waals surface area contributed by atoms with Crippen LogP contribution >= 0.6 is 0 Å². The summed E-state index contributed by atoms with van der Waals surface area (Å²) >= 11 is 0. The molecule has 0 bridgehead atoms. The van der Waals surface area contributed by atoms with E-state index in [1.54, 1.807) is 16.9 Å². The smallest absolute Gasteiger partial charge is 0.284 e. The van der Waals surface area contributed by atoms with Crippen LogP contribution in [0.5, 0.6) is 0 Å². The van der Waals surface area contributed by atoms with Crippen molar-refractivity contribution in [2.24, 2.45) is 5.92 Å². The molecule has 3 aliphatic heterocycles. The normalized spacial score (nSPS) is 23.2. The van der Waals surface area contributed by atoms with E-state index in [1.807, 2.05) is 27.8 Å². The molecule has 66 heavy (non-hydrogen) atoms. The largest absolute Gasteiger partial charge is 0.373 e. The molecule has 10 rings (SSSR count). The molecule has 5 aromatic rings. The van der Waals surface area contributed by atoms with Crippen molar-refractivity contribution < 1.29 is 32.6 Å². The topological polar surface area (TPSA) is 190 Å². The number of benzene rings is 1. The van der Waals surface area contributed by atoms with Gasteiger partial charge in [-0.25, -0.2) is 18.3 Å². The van der Waals surface area contributed by atoms with Gasteiger partial charge in [0.25, 0.3) is 12.3 Å². The Kier molecular flexibility index (Phi) is 12.5. The van der Waals surface area contributed by atoms with Crippen molar-refractivity contribution >= 4 is 45.8 Å². The Morgan fingerprint density at radius 1 is 1.02 bits per heavy atom. The number of nitrogens with one attached hydrogen (secondary N) is 2. The zero-order valence-electron chi connectivity index (χ0n) is 36.6. The highest BCUT2D eigenvalue weighted by Crippen LogP contribution is 2.41. The molecule has 4 aromatic heterocycles. The van der Waals surface area contributed by atoms with Gasteiger partial charge in [0.05, 0.1) is 78.0 Å². The number of imide groups is 1. The van der Waals surface area contributed by atoms with E-state index < -0.39 is 23.9 Å². The summed E-state index contributed by atoms with van der Waals surface area (Å²) < 4.78 is 45.7. The van der Waals surface area contributed by atoms with E-state index in [1.165, 1.54) is 16.9 Å². The Bertz CT molecular complexity index is 2730. The number of anilines is 2. The molecule has 2 aliphatic carbocycles. The van der Waals surface area contributed by atoms with Crippen molar-refractivity contribution in [1.29, 1.82) is 5.26 Å². The van der Waals surface area contributed by atoms with Gasteiger partial charge < -0.3 is 24.6 Å². The average molecular weight is 903 g/mol. The Balaban J connectivity index is 0.701. The fourth-order valence-electron chi connectivity index (χ4n) is 10.0. The van der Waals surface area contributed by atoms with E-state index in [0.717, 1.165) is 87.5 Å². The Morgan fingerprint density at radius 3 is 2.61 bits per heavy atom. The predicted octanol–water partition coefficient (Wildman–Crippen LogP) is 5.70. The summed E-state index contributed by atoms with van der Waals surface area (Å²) in [6.07, 6.45) is 9.97. The van der Waals surface area contributed by atoms with Gasteiger partial charge >= 0.3 is 0 Å². The zero-order chi connectivity index (χ0) is 45.3. The second-order valence-electron chi connectivity index (χ2n) is 18.1. The molecule has 0 spiro atoms. The van der Waals surface area contributed by atoms with Crippen molar-refractivity contribution in [3.8, 4) is 17.9 Å². The van der Waals surface area contributed by atoms with Crippen LogP contribution in [0.15, 0.2) is 42.9 Å². The fourth-order valence-corrected chi connectivity index (χ4v) is 10.0. The first-order valence-corrected chi connectivity index (χ1v) is 23.1. The van der Waals surface area contributed by atoms with E-state index in [4.69, 9.17) is 19.8 Å². The van der Waals surface area contributed by atoms with Crippen molar-refractivity contribution in [2.45, 2.75) is 107 Å². The maximum absolute atomic E-state index is 14.3. The Morgan fingerprint density at radius 2 is 1.83 bits per heavy atom. The third-order valence-corrected chi connectivity index (χ3v) is 13.7. The first kappa shape index (κ1) is 43.6. The van der Waals surface area contributed by atoms with Crippen LogP contribution in [-0.2, 0) is 19.1 Å². The Hall–Kier alpha value is -6.28. The van der Waals surface area contributed by atoms with Crippen LogP contribution in [0.1, 0.15) is 122 Å². The number of carbonyl (C=O) groups is 3. The highest BCUT2D eigenvalue weighted by molar-refractivity contribution is 6.08. The zero-order valence-corrected chi connectivity index (χ0v) is 36.6. The number of nitrogens with zero attached hydrogens (tertiary/aromatic N) is 10. The standard InChI is InChI=1S/C47H52F2N12O5/c48-44(49)42-38(52-47(64)37-25-51-59-21-17-39(53-45(37)59)58-22-24-66-34(27-58)14-18-50)28-60(55-42)31-8-6-29(7-9-31)26-57-19-15-33(16-20-57)65-23-2-4-30-3-1-5-35-41(36-12-13-40(62)54-46(36)63)56-61(43(30)35)32-10-11-32/h1,3,5,17,21,25,28-29,31-34,36,44H,6-16,19-20,22-24,26-27H2,(H,52,64)(H,54,62,63)/t29-,31-,34?,36?. The number of hydrogen-bond acceptors (Lipinski definition) is 12. The monoisotopic (exact) mass is 902 g/mol. The molecule has 5 fully saturated rings. The molecule has 19 heteroatoms. The van der Waals surface area contributed by atoms with Crippen molar-refractivity contribution in [3.63, 3.8) is 0 Å². The van der Waals surface area contributed by atoms with Gasteiger partial charge in [-0.15, -0.1) is 0 Å². The quantitative estimate of drug-likeness (QED) is 0.115. The highest BCUT2D eigenvalue weighted by atomic mass is 19.3. The van der Waals surface area contributed by atoms with E-state index in [2.05, 4.69) is 48.6 Å². The minimum Gasteiger partial charge on any atom is -0.373 e. The number of carbonyl (C=O) groups excluding carboxylic acids is 3. The van der Waals surface area contributed by atoms with Gasteiger partial charge in [0, 0.05) is 56.9 Å². The van der Waals surface area contributed by atoms with Gasteiger partial charge in [-0.3, -0.25) is 29.1 Å². The summed E-state index contributed by atoms with van der Waals surface area (Å²) in [7, 11) is 0. The fraction of sp³-hybridized carbons (Fsp3) is 0.532. The number of likely N-dealkylation sites (tertiary alicyclic amines) is 1. The molecular formula is C47H52F2N12O5. The molecular weight excluding hydrogens is 851 g/mol. The number of para-hydroxylation sites is 1. The Labute approximate surface area is 379 Å². The number of nitriles is 1. The molecule has 2 atom stereocenters.